The van der Waals surface area contributed by atoms with Crippen molar-refractivity contribution in [3.63, 3.8) is 0 Å². The van der Waals surface area contributed by atoms with Gasteiger partial charge in [0.2, 0.25) is 5.91 Å². The van der Waals surface area contributed by atoms with Crippen molar-refractivity contribution >= 4 is 32.9 Å². The molecule has 7 nitrogen and oxygen atoms in total. The maximum Gasteiger partial charge on any atom is 0.433 e. The molecule has 3 rings (SSSR count). The minimum absolute atomic E-state index is 0.0708. The minimum atomic E-state index is -4.67. The van der Waals surface area contributed by atoms with Crippen LogP contribution in [0.1, 0.15) is 40.8 Å². The van der Waals surface area contributed by atoms with E-state index >= 15 is 0 Å². The number of sulfone groups is 1. The first-order chi connectivity index (χ1) is 17.1. The molecular formula is C25H26F4N4O3S. The Kier molecular flexibility index (Phi) is 7.82. The number of rotatable bonds is 7. The van der Waals surface area contributed by atoms with Crippen LogP contribution in [0.4, 0.5) is 34.8 Å². The van der Waals surface area contributed by atoms with Crippen molar-refractivity contribution in [2.75, 3.05) is 17.3 Å². The molecule has 0 fully saturated rings. The summed E-state index contributed by atoms with van der Waals surface area (Å²) in [6.45, 7) is 5.02. The van der Waals surface area contributed by atoms with Gasteiger partial charge >= 0.3 is 6.18 Å². The molecule has 37 heavy (non-hydrogen) atoms. The predicted molar refractivity (Wildman–Crippen MR) is 133 cm³/mol. The van der Waals surface area contributed by atoms with Crippen molar-refractivity contribution in [3.05, 3.63) is 76.2 Å². The maximum atomic E-state index is 14.5. The van der Waals surface area contributed by atoms with E-state index in [1.807, 2.05) is 19.9 Å². The van der Waals surface area contributed by atoms with Crippen molar-refractivity contribution in [2.24, 2.45) is 0 Å². The van der Waals surface area contributed by atoms with Crippen LogP contribution in [0, 0.1) is 19.7 Å². The highest BCUT2D eigenvalue weighted by Crippen LogP contribution is 2.32. The molecular weight excluding hydrogens is 512 g/mol. The van der Waals surface area contributed by atoms with Gasteiger partial charge in [-0.05, 0) is 61.7 Å². The number of carbonyl (C=O) groups excluding carboxylic acids is 1. The summed E-state index contributed by atoms with van der Waals surface area (Å²) in [4.78, 5) is 15.9. The lowest BCUT2D eigenvalue weighted by Gasteiger charge is -2.18. The molecule has 0 aliphatic heterocycles. The number of nitrogens with zero attached hydrogens (tertiary/aromatic N) is 1. The Morgan fingerprint density at radius 2 is 1.76 bits per heavy atom. The zero-order valence-electron chi connectivity index (χ0n) is 20.5. The Bertz CT molecular complexity index is 1460. The summed E-state index contributed by atoms with van der Waals surface area (Å²) in [5.74, 6) is -2.82. The van der Waals surface area contributed by atoms with E-state index in [2.05, 4.69) is 15.6 Å². The van der Waals surface area contributed by atoms with Crippen LogP contribution in [-0.2, 0) is 27.4 Å². The van der Waals surface area contributed by atoms with Crippen LogP contribution in [0.5, 0.6) is 0 Å². The number of aromatic nitrogens is 1. The van der Waals surface area contributed by atoms with Gasteiger partial charge in [0.05, 0.1) is 11.6 Å². The van der Waals surface area contributed by atoms with Crippen LogP contribution in [0.2, 0.25) is 0 Å². The fraction of sp³-hybridized carbons (Fsp3) is 0.280. The van der Waals surface area contributed by atoms with E-state index in [-0.39, 0.29) is 23.5 Å². The highest BCUT2D eigenvalue weighted by atomic mass is 32.2. The quantitative estimate of drug-likeness (QED) is 0.288. The Balaban J connectivity index is 1.86. The summed E-state index contributed by atoms with van der Waals surface area (Å²) in [7, 11) is -3.86. The lowest BCUT2D eigenvalue weighted by Crippen LogP contribution is -2.28. The SMILES string of the molecule is Cc1ccc(Nc2nc(C(F)(F)F)ccc2CNC(=O)C(C)c2ccc(S(C)(=O)=O)c(F)c2N)cc1C. The molecule has 1 atom stereocenters. The van der Waals surface area contributed by atoms with Gasteiger partial charge < -0.3 is 16.4 Å². The predicted octanol–water partition coefficient (Wildman–Crippen LogP) is 5.01. The molecule has 4 N–H and O–H groups in total. The maximum absolute atomic E-state index is 14.5. The molecule has 0 aliphatic rings. The fourth-order valence-corrected chi connectivity index (χ4v) is 4.33. The number of nitrogens with one attached hydrogen (secondary N) is 2. The van der Waals surface area contributed by atoms with E-state index in [0.717, 1.165) is 29.5 Å². The lowest BCUT2D eigenvalue weighted by molar-refractivity contribution is -0.141. The number of pyridine rings is 1. The fourth-order valence-electron chi connectivity index (χ4n) is 3.58. The summed E-state index contributed by atoms with van der Waals surface area (Å²) >= 11 is 0. The molecule has 2 aromatic carbocycles. The molecule has 0 aliphatic carbocycles. The number of halogens is 4. The summed E-state index contributed by atoms with van der Waals surface area (Å²) in [6.07, 6.45) is -3.84. The number of anilines is 3. The number of benzene rings is 2. The molecule has 198 valence electrons. The molecule has 1 heterocycles. The second-order valence-electron chi connectivity index (χ2n) is 8.72. The number of amides is 1. The summed E-state index contributed by atoms with van der Waals surface area (Å²) in [6, 6.07) is 9.59. The Hall–Kier alpha value is -3.67. The number of alkyl halides is 3. The van der Waals surface area contributed by atoms with Gasteiger partial charge in [0, 0.05) is 24.1 Å². The summed E-state index contributed by atoms with van der Waals surface area (Å²) < 4.78 is 77.8. The van der Waals surface area contributed by atoms with Gasteiger partial charge in [-0.15, -0.1) is 0 Å². The van der Waals surface area contributed by atoms with E-state index in [1.165, 1.54) is 19.1 Å². The highest BCUT2D eigenvalue weighted by molar-refractivity contribution is 7.90. The van der Waals surface area contributed by atoms with Crippen LogP contribution in [0.25, 0.3) is 0 Å². The van der Waals surface area contributed by atoms with Gasteiger partial charge in [0.25, 0.3) is 0 Å². The van der Waals surface area contributed by atoms with Crippen LogP contribution in [-0.4, -0.2) is 25.6 Å². The van der Waals surface area contributed by atoms with Crippen molar-refractivity contribution in [2.45, 2.75) is 44.3 Å². The van der Waals surface area contributed by atoms with E-state index < -0.39 is 49.9 Å². The van der Waals surface area contributed by atoms with Crippen molar-refractivity contribution < 1.29 is 30.8 Å². The van der Waals surface area contributed by atoms with Gasteiger partial charge in [-0.3, -0.25) is 4.79 Å². The number of nitrogen functional groups attached to an aromatic ring is 1. The first-order valence-electron chi connectivity index (χ1n) is 11.1. The number of hydrogen-bond donors (Lipinski definition) is 3. The Morgan fingerprint density at radius 3 is 2.35 bits per heavy atom. The van der Waals surface area contributed by atoms with Gasteiger partial charge in [-0.2, -0.15) is 13.2 Å². The van der Waals surface area contributed by atoms with Crippen LogP contribution in [0.3, 0.4) is 0 Å². The van der Waals surface area contributed by atoms with Crippen LogP contribution < -0.4 is 16.4 Å². The van der Waals surface area contributed by atoms with E-state index in [0.29, 0.717) is 5.69 Å². The van der Waals surface area contributed by atoms with Crippen molar-refractivity contribution in [1.29, 1.82) is 0 Å². The summed E-state index contributed by atoms with van der Waals surface area (Å²) in [5.41, 5.74) is 6.99. The van der Waals surface area contributed by atoms with Gasteiger partial charge in [0.15, 0.2) is 15.7 Å². The third-order valence-corrected chi connectivity index (χ3v) is 7.04. The first kappa shape index (κ1) is 27.9. The number of carbonyl (C=O) groups is 1. The Labute approximate surface area is 212 Å². The lowest BCUT2D eigenvalue weighted by atomic mass is 9.98. The highest BCUT2D eigenvalue weighted by Gasteiger charge is 2.33. The topological polar surface area (TPSA) is 114 Å². The number of nitrogens with two attached hydrogens (primary N) is 1. The molecule has 1 aromatic heterocycles. The normalized spacial score (nSPS) is 12.8. The standard InChI is InChI=1S/C25H26F4N4O3S/c1-13-5-7-17(11-14(13)2)32-23-16(6-10-20(33-23)25(27,28)29)12-31-24(34)15(3)18-8-9-19(37(4,35)36)21(26)22(18)30/h5-11,15H,12,30H2,1-4H3,(H,31,34)(H,32,33). The van der Waals surface area contributed by atoms with Gasteiger partial charge in [-0.25, -0.2) is 17.8 Å². The zero-order valence-corrected chi connectivity index (χ0v) is 21.3. The van der Waals surface area contributed by atoms with Gasteiger partial charge in [-0.1, -0.05) is 18.2 Å². The average molecular weight is 539 g/mol. The van der Waals surface area contributed by atoms with Crippen molar-refractivity contribution in [1.82, 2.24) is 10.3 Å². The summed E-state index contributed by atoms with van der Waals surface area (Å²) in [5, 5.41) is 5.48. The van der Waals surface area contributed by atoms with Gasteiger partial charge in [0.1, 0.15) is 16.4 Å². The monoisotopic (exact) mass is 538 g/mol. The van der Waals surface area contributed by atoms with Crippen molar-refractivity contribution in [3.8, 4) is 0 Å². The molecule has 0 saturated heterocycles. The smallest absolute Gasteiger partial charge is 0.396 e. The molecule has 0 bridgehead atoms. The van der Waals surface area contributed by atoms with Crippen LogP contribution >= 0.6 is 0 Å². The van der Waals surface area contributed by atoms with Crippen LogP contribution in [0.15, 0.2) is 47.4 Å². The Morgan fingerprint density at radius 1 is 1.08 bits per heavy atom. The number of hydrogen-bond acceptors (Lipinski definition) is 6. The second-order valence-corrected chi connectivity index (χ2v) is 10.7. The average Bonchev–Trinajstić information content (AvgIpc) is 2.80. The van der Waals surface area contributed by atoms with E-state index in [4.69, 9.17) is 5.73 Å². The number of aryl methyl sites for hydroxylation is 2. The molecule has 1 amide bonds. The molecule has 12 heteroatoms. The zero-order chi connectivity index (χ0) is 27.7. The first-order valence-corrected chi connectivity index (χ1v) is 13.0. The molecule has 0 saturated carbocycles. The molecule has 0 spiro atoms. The molecule has 3 aromatic rings. The third kappa shape index (κ3) is 6.37. The second kappa shape index (κ2) is 10.4. The third-order valence-electron chi connectivity index (χ3n) is 5.93. The minimum Gasteiger partial charge on any atom is -0.396 e. The molecule has 1 unspecified atom stereocenters. The largest absolute Gasteiger partial charge is 0.433 e. The molecule has 0 radical (unpaired) electrons. The van der Waals surface area contributed by atoms with E-state index in [1.54, 1.807) is 12.1 Å². The van der Waals surface area contributed by atoms with E-state index in [9.17, 15) is 30.8 Å².